The van der Waals surface area contributed by atoms with Crippen molar-refractivity contribution in [1.82, 2.24) is 0 Å². The van der Waals surface area contributed by atoms with E-state index < -0.39 is 0 Å². The number of nitrogens with zero attached hydrogens (tertiary/aromatic N) is 6. The molecule has 0 heterocycles. The Morgan fingerprint density at radius 1 is 0.288 bits per heavy atom. The summed E-state index contributed by atoms with van der Waals surface area (Å²) in [6.45, 7) is 0. The Bertz CT molecular complexity index is 2280. The van der Waals surface area contributed by atoms with Gasteiger partial charge in [-0.1, -0.05) is 72.2 Å². The Balaban J connectivity index is 1.56. The molecule has 6 nitrogen and oxygen atoms in total. The van der Waals surface area contributed by atoms with Crippen molar-refractivity contribution < 1.29 is 0 Å². The number of fused-ring (bicyclic) bond motifs is 3. The summed E-state index contributed by atoms with van der Waals surface area (Å²) in [5.74, 6) is 14.4. The van der Waals surface area contributed by atoms with Crippen LogP contribution in [0.3, 0.4) is 0 Å². The second-order valence-corrected chi connectivity index (χ2v) is 14.6. The normalized spacial score (nSPS) is 10.8. The molecule has 0 aromatic heterocycles. The van der Waals surface area contributed by atoms with Gasteiger partial charge in [0.2, 0.25) is 0 Å². The third-order valence-electron chi connectivity index (χ3n) is 9.54. The van der Waals surface area contributed by atoms with Gasteiger partial charge < -0.3 is 29.4 Å². The van der Waals surface area contributed by atoms with Gasteiger partial charge in [0.1, 0.15) is 0 Å². The second-order valence-electron chi connectivity index (χ2n) is 14.6. The Morgan fingerprint density at radius 3 is 0.827 bits per heavy atom. The minimum Gasteiger partial charge on any atom is -0.377 e. The lowest BCUT2D eigenvalue weighted by Crippen LogP contribution is -2.16. The van der Waals surface area contributed by atoms with Crippen LogP contribution in [0.2, 0.25) is 0 Å². The fraction of sp³-hybridized carbons (Fsp3) is 0.261. The Hall–Kier alpha value is -5.98. The molecule has 0 aliphatic rings. The average molecular weight is 687 g/mol. The number of anilines is 6. The molecule has 0 amide bonds. The summed E-state index contributed by atoms with van der Waals surface area (Å²) in [5, 5.41) is 7.09. The first-order chi connectivity index (χ1) is 24.8. The van der Waals surface area contributed by atoms with Crippen molar-refractivity contribution in [1.29, 1.82) is 0 Å². The van der Waals surface area contributed by atoms with E-state index in [0.717, 1.165) is 55.8 Å². The number of hydrogen-bond acceptors (Lipinski definition) is 6. The van der Waals surface area contributed by atoms with Crippen LogP contribution >= 0.6 is 0 Å². The van der Waals surface area contributed by atoms with Gasteiger partial charge in [-0.2, -0.15) is 0 Å². The molecule has 0 saturated carbocycles. The molecule has 6 rings (SSSR count). The first-order valence-electron chi connectivity index (χ1n) is 17.6. The first kappa shape index (κ1) is 35.8. The second kappa shape index (κ2) is 14.3. The molecule has 0 atom stereocenters. The van der Waals surface area contributed by atoms with Crippen molar-refractivity contribution in [2.75, 3.05) is 114 Å². The monoisotopic (exact) mass is 686 g/mol. The molecule has 52 heavy (non-hydrogen) atoms. The van der Waals surface area contributed by atoms with E-state index in [-0.39, 0.29) is 0 Å². The van der Waals surface area contributed by atoms with Gasteiger partial charge in [-0.15, -0.1) is 0 Å². The van der Waals surface area contributed by atoms with E-state index in [1.165, 1.54) is 32.9 Å². The molecule has 0 spiro atoms. The van der Waals surface area contributed by atoms with Gasteiger partial charge in [0.05, 0.1) is 22.7 Å². The average Bonchev–Trinajstić information content (AvgIpc) is 3.10. The number of benzene rings is 6. The van der Waals surface area contributed by atoms with E-state index in [2.05, 4.69) is 223 Å². The smallest absolute Gasteiger partial charge is 0.0621 e. The molecular formula is C46H50N6. The minimum atomic E-state index is 0.969. The summed E-state index contributed by atoms with van der Waals surface area (Å²) in [7, 11) is 25.2. The molecule has 264 valence electrons. The minimum absolute atomic E-state index is 0.969. The third-order valence-corrected chi connectivity index (χ3v) is 9.54. The summed E-state index contributed by atoms with van der Waals surface area (Å²) in [5.41, 5.74) is 10.7. The van der Waals surface area contributed by atoms with Gasteiger partial charge in [0.25, 0.3) is 0 Å². The highest BCUT2D eigenvalue weighted by Gasteiger charge is 2.19. The van der Waals surface area contributed by atoms with Crippen molar-refractivity contribution in [3.63, 3.8) is 0 Å². The highest BCUT2D eigenvalue weighted by atomic mass is 15.1. The van der Waals surface area contributed by atoms with Crippen molar-refractivity contribution in [3.05, 3.63) is 107 Å². The van der Waals surface area contributed by atoms with Crippen LogP contribution in [-0.4, -0.2) is 84.6 Å². The standard InChI is InChI=1S/C46H50N6/c1-47(2)38-17-13-15-31-19-23-34(43(40(31)38)49(5)6)27-29-36-25-21-33-22-26-37(46(52(11)12)42(33)45(36)51(9)10)30-28-35-24-20-32-16-14-18-39(48(3)4)41(32)44(35)50(7)8/h13-26H,1-12H3. The fourth-order valence-corrected chi connectivity index (χ4v) is 7.34. The van der Waals surface area contributed by atoms with Crippen LogP contribution < -0.4 is 29.4 Å². The van der Waals surface area contributed by atoms with E-state index in [1.54, 1.807) is 0 Å². The first-order valence-corrected chi connectivity index (χ1v) is 17.6. The maximum atomic E-state index is 3.61. The molecule has 6 aromatic carbocycles. The number of rotatable bonds is 6. The third kappa shape index (κ3) is 6.49. The SMILES string of the molecule is CN(C)c1cccc2ccc(C#Cc3ccc4ccc(C#Cc5ccc6cccc(N(C)C)c6c5N(C)C)c(N(C)C)c4c3N(C)C)c(N(C)C)c12. The summed E-state index contributed by atoms with van der Waals surface area (Å²) in [6, 6.07) is 30.3. The maximum Gasteiger partial charge on any atom is 0.0621 e. The maximum absolute atomic E-state index is 3.61. The quantitative estimate of drug-likeness (QED) is 0.163. The molecule has 0 saturated heterocycles. The Morgan fingerprint density at radius 2 is 0.558 bits per heavy atom. The van der Waals surface area contributed by atoms with Crippen LogP contribution in [0.4, 0.5) is 34.1 Å². The van der Waals surface area contributed by atoms with Gasteiger partial charge in [0, 0.05) is 134 Å². The zero-order valence-corrected chi connectivity index (χ0v) is 32.8. The van der Waals surface area contributed by atoms with E-state index in [4.69, 9.17) is 0 Å². The largest absolute Gasteiger partial charge is 0.377 e. The van der Waals surface area contributed by atoms with Crippen LogP contribution in [0.5, 0.6) is 0 Å². The molecule has 0 aliphatic heterocycles. The predicted molar refractivity (Wildman–Crippen MR) is 230 cm³/mol. The topological polar surface area (TPSA) is 19.4 Å². The summed E-state index contributed by atoms with van der Waals surface area (Å²) in [6.07, 6.45) is 0. The molecule has 6 aromatic rings. The van der Waals surface area contributed by atoms with Gasteiger partial charge in [-0.05, 0) is 52.6 Å². The molecule has 0 aliphatic carbocycles. The molecule has 0 unspecified atom stereocenters. The van der Waals surface area contributed by atoms with Crippen molar-refractivity contribution in [2.45, 2.75) is 0 Å². The molecule has 0 fully saturated rings. The van der Waals surface area contributed by atoms with Crippen molar-refractivity contribution >= 4 is 66.4 Å². The van der Waals surface area contributed by atoms with Gasteiger partial charge in [0.15, 0.2) is 0 Å². The molecule has 0 bridgehead atoms. The molecule has 6 heteroatoms. The van der Waals surface area contributed by atoms with Crippen LogP contribution in [0.15, 0.2) is 84.9 Å². The molecule has 0 N–H and O–H groups in total. The van der Waals surface area contributed by atoms with Gasteiger partial charge in [-0.25, -0.2) is 0 Å². The highest BCUT2D eigenvalue weighted by molar-refractivity contribution is 6.09. The summed E-state index contributed by atoms with van der Waals surface area (Å²) in [4.78, 5) is 13.1. The summed E-state index contributed by atoms with van der Waals surface area (Å²) < 4.78 is 0. The van der Waals surface area contributed by atoms with Crippen LogP contribution in [0.1, 0.15) is 22.3 Å². The lowest BCUT2D eigenvalue weighted by Gasteiger charge is -2.25. The van der Waals surface area contributed by atoms with Gasteiger partial charge in [-0.3, -0.25) is 0 Å². The van der Waals surface area contributed by atoms with Crippen LogP contribution in [-0.2, 0) is 0 Å². The zero-order valence-electron chi connectivity index (χ0n) is 32.8. The lowest BCUT2D eigenvalue weighted by molar-refractivity contribution is 1.12. The lowest BCUT2D eigenvalue weighted by atomic mass is 9.96. The van der Waals surface area contributed by atoms with Gasteiger partial charge >= 0.3 is 0 Å². The van der Waals surface area contributed by atoms with E-state index >= 15 is 0 Å². The predicted octanol–water partition coefficient (Wildman–Crippen LogP) is 8.34. The molecular weight excluding hydrogens is 637 g/mol. The number of hydrogen-bond donors (Lipinski definition) is 0. The molecule has 0 radical (unpaired) electrons. The van der Waals surface area contributed by atoms with E-state index in [1.807, 2.05) is 0 Å². The summed E-state index contributed by atoms with van der Waals surface area (Å²) >= 11 is 0. The Kier molecular flexibility index (Phi) is 9.88. The van der Waals surface area contributed by atoms with Crippen molar-refractivity contribution in [3.8, 4) is 23.7 Å². The zero-order chi connectivity index (χ0) is 37.4. The van der Waals surface area contributed by atoms with Crippen LogP contribution in [0, 0.1) is 23.7 Å². The van der Waals surface area contributed by atoms with Crippen molar-refractivity contribution in [2.24, 2.45) is 0 Å². The van der Waals surface area contributed by atoms with E-state index in [0.29, 0.717) is 0 Å². The fourth-order valence-electron chi connectivity index (χ4n) is 7.34. The highest BCUT2D eigenvalue weighted by Crippen LogP contribution is 2.40. The van der Waals surface area contributed by atoms with Crippen LogP contribution in [0.25, 0.3) is 32.3 Å². The Labute approximate surface area is 310 Å². The van der Waals surface area contributed by atoms with E-state index in [9.17, 15) is 0 Å².